The molecule has 0 N–H and O–H groups in total. The zero-order valence-corrected chi connectivity index (χ0v) is 13.7. The molecule has 1 aromatic carbocycles. The van der Waals surface area contributed by atoms with Crippen molar-refractivity contribution in [1.82, 2.24) is 0 Å². The van der Waals surface area contributed by atoms with Gasteiger partial charge >= 0.3 is 5.97 Å². The molecule has 0 aromatic heterocycles. The van der Waals surface area contributed by atoms with Gasteiger partial charge in [-0.15, -0.1) is 0 Å². The van der Waals surface area contributed by atoms with Gasteiger partial charge in [-0.05, 0) is 43.9 Å². The molecule has 122 valence electrons. The van der Waals surface area contributed by atoms with E-state index in [9.17, 15) is 9.59 Å². The van der Waals surface area contributed by atoms with E-state index in [1.54, 1.807) is 0 Å². The van der Waals surface area contributed by atoms with Crippen molar-refractivity contribution in [2.24, 2.45) is 0 Å². The van der Waals surface area contributed by atoms with Gasteiger partial charge in [-0.25, -0.2) is 4.79 Å². The molecule has 3 heteroatoms. The summed E-state index contributed by atoms with van der Waals surface area (Å²) < 4.78 is 4.97. The molecule has 0 aliphatic rings. The van der Waals surface area contributed by atoms with Crippen LogP contribution in [0.5, 0.6) is 0 Å². The average Bonchev–Trinajstić information content (AvgIpc) is 2.54. The molecule has 22 heavy (non-hydrogen) atoms. The Balaban J connectivity index is 2.10. The first-order valence-corrected chi connectivity index (χ1v) is 8.47. The number of rotatable bonds is 12. The van der Waals surface area contributed by atoms with Crippen molar-refractivity contribution < 1.29 is 14.3 Å². The van der Waals surface area contributed by atoms with E-state index in [0.717, 1.165) is 19.1 Å². The van der Waals surface area contributed by atoms with E-state index < -0.39 is 0 Å². The zero-order valence-electron chi connectivity index (χ0n) is 13.7. The van der Waals surface area contributed by atoms with Crippen LogP contribution in [0.3, 0.4) is 0 Å². The van der Waals surface area contributed by atoms with Crippen LogP contribution in [0.15, 0.2) is 24.3 Å². The molecule has 0 unspecified atom stereocenters. The quantitative estimate of drug-likeness (QED) is 0.319. The number of carbonyl (C=O) groups excluding carboxylic acids is 2. The van der Waals surface area contributed by atoms with Crippen molar-refractivity contribution in [2.75, 3.05) is 6.61 Å². The Morgan fingerprint density at radius 3 is 2.14 bits per heavy atom. The van der Waals surface area contributed by atoms with Gasteiger partial charge in [0.1, 0.15) is 6.29 Å². The molecule has 1 aromatic rings. The second kappa shape index (κ2) is 12.0. The lowest BCUT2D eigenvalue weighted by Crippen LogP contribution is -2.04. The minimum Gasteiger partial charge on any atom is -0.462 e. The summed E-state index contributed by atoms with van der Waals surface area (Å²) in [6.07, 6.45) is 11.2. The van der Waals surface area contributed by atoms with Crippen LogP contribution in [0, 0.1) is 0 Å². The standard InChI is InChI=1S/C19H28O3/c1-2-22-19(21)18-14-12-17(13-15-18)11-9-7-5-3-4-6-8-10-16-20/h12-16H,2-11H2,1H3. The molecule has 1 rings (SSSR count). The molecule has 0 heterocycles. The summed E-state index contributed by atoms with van der Waals surface area (Å²) in [6.45, 7) is 2.23. The lowest BCUT2D eigenvalue weighted by molar-refractivity contribution is -0.107. The first-order chi connectivity index (χ1) is 10.8. The molecule has 0 aliphatic carbocycles. The van der Waals surface area contributed by atoms with Crippen LogP contribution in [-0.4, -0.2) is 18.9 Å². The van der Waals surface area contributed by atoms with E-state index >= 15 is 0 Å². The number of esters is 1. The van der Waals surface area contributed by atoms with Crippen molar-refractivity contribution in [3.05, 3.63) is 35.4 Å². The number of aryl methyl sites for hydroxylation is 1. The van der Waals surface area contributed by atoms with Crippen LogP contribution in [0.4, 0.5) is 0 Å². The van der Waals surface area contributed by atoms with E-state index in [1.807, 2.05) is 31.2 Å². The molecule has 0 radical (unpaired) electrons. The summed E-state index contributed by atoms with van der Waals surface area (Å²) in [6, 6.07) is 7.73. The highest BCUT2D eigenvalue weighted by Gasteiger charge is 2.05. The summed E-state index contributed by atoms with van der Waals surface area (Å²) in [4.78, 5) is 21.7. The maximum atomic E-state index is 11.5. The van der Waals surface area contributed by atoms with E-state index in [0.29, 0.717) is 18.6 Å². The van der Waals surface area contributed by atoms with E-state index in [1.165, 1.54) is 44.1 Å². The van der Waals surface area contributed by atoms with Gasteiger partial charge in [-0.2, -0.15) is 0 Å². The number of benzene rings is 1. The second-order valence-electron chi connectivity index (χ2n) is 5.60. The highest BCUT2D eigenvalue weighted by atomic mass is 16.5. The molecular weight excluding hydrogens is 276 g/mol. The molecule has 3 nitrogen and oxygen atoms in total. The van der Waals surface area contributed by atoms with Crippen molar-refractivity contribution >= 4 is 12.3 Å². The first kappa shape index (κ1) is 18.4. The van der Waals surface area contributed by atoms with Gasteiger partial charge in [-0.1, -0.05) is 44.2 Å². The van der Waals surface area contributed by atoms with Gasteiger partial charge in [0.2, 0.25) is 0 Å². The Bertz CT molecular complexity index is 423. The average molecular weight is 304 g/mol. The predicted molar refractivity (Wildman–Crippen MR) is 89.1 cm³/mol. The lowest BCUT2D eigenvalue weighted by atomic mass is 10.0. The van der Waals surface area contributed by atoms with E-state index in [4.69, 9.17) is 4.74 Å². The van der Waals surface area contributed by atoms with Crippen LogP contribution in [0.2, 0.25) is 0 Å². The Labute approximate surface area is 134 Å². The van der Waals surface area contributed by atoms with Crippen LogP contribution in [0.25, 0.3) is 0 Å². The third-order valence-corrected chi connectivity index (χ3v) is 3.75. The van der Waals surface area contributed by atoms with Gasteiger partial charge in [0.25, 0.3) is 0 Å². The molecule has 0 amide bonds. The van der Waals surface area contributed by atoms with Crippen LogP contribution in [-0.2, 0) is 16.0 Å². The van der Waals surface area contributed by atoms with Crippen molar-refractivity contribution in [1.29, 1.82) is 0 Å². The molecule has 0 spiro atoms. The molecule has 0 atom stereocenters. The Kier molecular flexibility index (Phi) is 10.0. The molecular formula is C19H28O3. The Morgan fingerprint density at radius 1 is 0.955 bits per heavy atom. The number of aldehydes is 1. The Hall–Kier alpha value is -1.64. The fraction of sp³-hybridized carbons (Fsp3) is 0.579. The van der Waals surface area contributed by atoms with Crippen molar-refractivity contribution in [3.63, 3.8) is 0 Å². The minimum atomic E-state index is -0.247. The minimum absolute atomic E-state index is 0.247. The monoisotopic (exact) mass is 304 g/mol. The highest BCUT2D eigenvalue weighted by Crippen LogP contribution is 2.12. The maximum Gasteiger partial charge on any atom is 0.338 e. The summed E-state index contributed by atoms with van der Waals surface area (Å²) >= 11 is 0. The molecule has 0 saturated heterocycles. The van der Waals surface area contributed by atoms with Gasteiger partial charge in [0.05, 0.1) is 12.2 Å². The van der Waals surface area contributed by atoms with Gasteiger partial charge in [0, 0.05) is 6.42 Å². The third-order valence-electron chi connectivity index (χ3n) is 3.75. The topological polar surface area (TPSA) is 43.4 Å². The smallest absolute Gasteiger partial charge is 0.338 e. The normalized spacial score (nSPS) is 10.4. The number of hydrogen-bond donors (Lipinski definition) is 0. The summed E-state index contributed by atoms with van der Waals surface area (Å²) in [5.41, 5.74) is 1.90. The van der Waals surface area contributed by atoms with Crippen LogP contribution >= 0.6 is 0 Å². The fourth-order valence-electron chi connectivity index (χ4n) is 2.46. The van der Waals surface area contributed by atoms with Crippen molar-refractivity contribution in [3.8, 4) is 0 Å². The lowest BCUT2D eigenvalue weighted by Gasteiger charge is -2.05. The summed E-state index contributed by atoms with van der Waals surface area (Å²) in [5.74, 6) is -0.247. The largest absolute Gasteiger partial charge is 0.462 e. The fourth-order valence-corrected chi connectivity index (χ4v) is 2.46. The summed E-state index contributed by atoms with van der Waals surface area (Å²) in [7, 11) is 0. The van der Waals surface area contributed by atoms with Crippen molar-refractivity contribution in [2.45, 2.75) is 64.7 Å². The van der Waals surface area contributed by atoms with Gasteiger partial charge < -0.3 is 9.53 Å². The highest BCUT2D eigenvalue weighted by molar-refractivity contribution is 5.89. The summed E-state index contributed by atoms with van der Waals surface area (Å²) in [5, 5.41) is 0. The third kappa shape index (κ3) is 7.96. The number of ether oxygens (including phenoxy) is 1. The molecule has 0 fully saturated rings. The molecule has 0 bridgehead atoms. The van der Waals surface area contributed by atoms with E-state index in [-0.39, 0.29) is 5.97 Å². The number of hydrogen-bond acceptors (Lipinski definition) is 3. The number of unbranched alkanes of at least 4 members (excludes halogenated alkanes) is 7. The van der Waals surface area contributed by atoms with Gasteiger partial charge in [0.15, 0.2) is 0 Å². The zero-order chi connectivity index (χ0) is 16.0. The van der Waals surface area contributed by atoms with Crippen LogP contribution in [0.1, 0.15) is 74.2 Å². The maximum absolute atomic E-state index is 11.5. The molecule has 0 saturated carbocycles. The van der Waals surface area contributed by atoms with Crippen LogP contribution < -0.4 is 0 Å². The van der Waals surface area contributed by atoms with E-state index in [2.05, 4.69) is 0 Å². The Morgan fingerprint density at radius 2 is 1.55 bits per heavy atom. The number of carbonyl (C=O) groups is 2. The SMILES string of the molecule is CCOC(=O)c1ccc(CCCCCCCCCC=O)cc1. The second-order valence-corrected chi connectivity index (χ2v) is 5.60. The molecule has 0 aliphatic heterocycles. The first-order valence-electron chi connectivity index (χ1n) is 8.47. The predicted octanol–water partition coefficient (Wildman–Crippen LogP) is 4.73. The van der Waals surface area contributed by atoms with Gasteiger partial charge in [-0.3, -0.25) is 0 Å².